The monoisotopic (exact) mass is 381 g/mol. The zero-order chi connectivity index (χ0) is 20.2. The summed E-state index contributed by atoms with van der Waals surface area (Å²) in [6.45, 7) is 6.70. The lowest BCUT2D eigenvalue weighted by atomic mass is 9.90. The fraction of sp³-hybridized carbons (Fsp3) is 0.864. The minimum atomic E-state index is -0.268. The van der Waals surface area contributed by atoms with Crippen molar-refractivity contribution >= 4 is 17.7 Å². The number of unbranched alkanes of at least 4 members (excludes halogenated alkanes) is 7. The van der Waals surface area contributed by atoms with E-state index in [1.165, 1.54) is 39.0 Å². The van der Waals surface area contributed by atoms with E-state index >= 15 is 0 Å². The first-order valence-corrected chi connectivity index (χ1v) is 10.8. The summed E-state index contributed by atoms with van der Waals surface area (Å²) in [6.07, 6.45) is 12.9. The van der Waals surface area contributed by atoms with Gasteiger partial charge in [0.2, 0.25) is 5.91 Å². The quantitative estimate of drug-likeness (QED) is 0.359. The molecule has 1 fully saturated rings. The molecule has 0 bridgehead atoms. The van der Waals surface area contributed by atoms with Crippen molar-refractivity contribution in [1.82, 2.24) is 4.90 Å². The van der Waals surface area contributed by atoms with Crippen LogP contribution in [0.1, 0.15) is 105 Å². The van der Waals surface area contributed by atoms with Gasteiger partial charge in [-0.05, 0) is 39.5 Å². The van der Waals surface area contributed by atoms with Crippen LogP contribution in [0.2, 0.25) is 0 Å². The number of ether oxygens (including phenoxy) is 1. The molecule has 1 rings (SSSR count). The molecule has 0 aromatic carbocycles. The highest BCUT2D eigenvalue weighted by molar-refractivity contribution is 5.75. The molecule has 0 aromatic rings. The second-order valence-corrected chi connectivity index (χ2v) is 8.12. The molecule has 1 aliphatic rings. The number of ketones is 1. The average Bonchev–Trinajstić information content (AvgIpc) is 2.57. The minimum Gasteiger partial charge on any atom is -0.460 e. The Labute approximate surface area is 165 Å². The van der Waals surface area contributed by atoms with Gasteiger partial charge >= 0.3 is 5.97 Å². The van der Waals surface area contributed by atoms with Gasteiger partial charge in [0.05, 0.1) is 6.04 Å². The zero-order valence-corrected chi connectivity index (χ0v) is 17.8. The van der Waals surface area contributed by atoms with Crippen LogP contribution in [0.25, 0.3) is 0 Å². The van der Waals surface area contributed by atoms with E-state index in [1.807, 2.05) is 11.8 Å². The molecule has 1 heterocycles. The van der Waals surface area contributed by atoms with Crippen molar-refractivity contribution in [3.63, 3.8) is 0 Å². The molecule has 1 amide bonds. The van der Waals surface area contributed by atoms with E-state index in [1.54, 1.807) is 13.8 Å². The van der Waals surface area contributed by atoms with Crippen LogP contribution in [0.15, 0.2) is 0 Å². The Kier molecular flexibility index (Phi) is 11.3. The predicted molar refractivity (Wildman–Crippen MR) is 107 cm³/mol. The van der Waals surface area contributed by atoms with Crippen molar-refractivity contribution in [3.8, 4) is 0 Å². The van der Waals surface area contributed by atoms with E-state index in [9.17, 15) is 14.4 Å². The summed E-state index contributed by atoms with van der Waals surface area (Å²) < 4.78 is 5.39. The molecule has 3 unspecified atom stereocenters. The molecule has 0 aliphatic carbocycles. The number of carbonyl (C=O) groups excluding carboxylic acids is 3. The van der Waals surface area contributed by atoms with Crippen molar-refractivity contribution in [2.24, 2.45) is 0 Å². The van der Waals surface area contributed by atoms with Crippen molar-refractivity contribution in [3.05, 3.63) is 0 Å². The minimum absolute atomic E-state index is 0.0415. The Balaban J connectivity index is 2.21. The maximum atomic E-state index is 12.1. The Morgan fingerprint density at radius 2 is 1.41 bits per heavy atom. The lowest BCUT2D eigenvalue weighted by Crippen LogP contribution is -2.55. The fourth-order valence-electron chi connectivity index (χ4n) is 4.26. The first kappa shape index (κ1) is 23.6. The lowest BCUT2D eigenvalue weighted by Gasteiger charge is -2.44. The highest BCUT2D eigenvalue weighted by Gasteiger charge is 2.37. The predicted octanol–water partition coefficient (Wildman–Crippen LogP) is 4.81. The Bertz CT molecular complexity index is 477. The Hall–Kier alpha value is -1.39. The van der Waals surface area contributed by atoms with E-state index in [4.69, 9.17) is 4.74 Å². The van der Waals surface area contributed by atoms with Gasteiger partial charge in [-0.15, -0.1) is 0 Å². The van der Waals surface area contributed by atoms with Gasteiger partial charge in [0.15, 0.2) is 0 Å². The molecule has 0 spiro atoms. The van der Waals surface area contributed by atoms with Gasteiger partial charge in [-0.25, -0.2) is 0 Å². The van der Waals surface area contributed by atoms with Gasteiger partial charge in [0.25, 0.3) is 0 Å². The summed E-state index contributed by atoms with van der Waals surface area (Å²) in [5.74, 6) is 0.107. The number of amides is 1. The first-order valence-electron chi connectivity index (χ1n) is 10.8. The van der Waals surface area contributed by atoms with Crippen LogP contribution in [-0.4, -0.2) is 40.7 Å². The number of nitrogens with zero attached hydrogens (tertiary/aromatic N) is 1. The summed E-state index contributed by atoms with van der Waals surface area (Å²) in [5, 5.41) is 0. The van der Waals surface area contributed by atoms with E-state index in [2.05, 4.69) is 0 Å². The second kappa shape index (κ2) is 12.9. The molecular weight excluding hydrogens is 342 g/mol. The van der Waals surface area contributed by atoms with E-state index in [0.29, 0.717) is 5.78 Å². The van der Waals surface area contributed by atoms with Crippen molar-refractivity contribution < 1.29 is 19.1 Å². The van der Waals surface area contributed by atoms with Crippen molar-refractivity contribution in [1.29, 1.82) is 0 Å². The van der Waals surface area contributed by atoms with Gasteiger partial charge in [-0.2, -0.15) is 0 Å². The molecular formula is C22H39NO4. The molecule has 27 heavy (non-hydrogen) atoms. The summed E-state index contributed by atoms with van der Waals surface area (Å²) in [6, 6.07) is 0.232. The van der Waals surface area contributed by atoms with Gasteiger partial charge < -0.3 is 14.4 Å². The largest absolute Gasteiger partial charge is 0.460 e. The van der Waals surface area contributed by atoms with Gasteiger partial charge in [0.1, 0.15) is 11.9 Å². The van der Waals surface area contributed by atoms with E-state index in [0.717, 1.165) is 44.9 Å². The Morgan fingerprint density at radius 3 is 1.93 bits per heavy atom. The molecule has 0 saturated carbocycles. The average molecular weight is 382 g/mol. The molecule has 0 aromatic heterocycles. The zero-order valence-electron chi connectivity index (χ0n) is 17.8. The number of hydrogen-bond donors (Lipinski definition) is 0. The van der Waals surface area contributed by atoms with Gasteiger partial charge in [-0.3, -0.25) is 9.59 Å². The third-order valence-electron chi connectivity index (χ3n) is 5.65. The molecule has 1 saturated heterocycles. The van der Waals surface area contributed by atoms with Crippen LogP contribution in [-0.2, 0) is 19.1 Å². The smallest absolute Gasteiger partial charge is 0.302 e. The number of likely N-dealkylation sites (tertiary alicyclic amines) is 1. The van der Waals surface area contributed by atoms with Crippen LogP contribution >= 0.6 is 0 Å². The van der Waals surface area contributed by atoms with Crippen LogP contribution in [0.4, 0.5) is 0 Å². The third-order valence-corrected chi connectivity index (χ3v) is 5.65. The summed E-state index contributed by atoms with van der Waals surface area (Å²) in [5.41, 5.74) is 0. The summed E-state index contributed by atoms with van der Waals surface area (Å²) in [7, 11) is 0. The maximum absolute atomic E-state index is 12.1. The SMILES string of the molecule is CC(=O)CCCCCCCCCCC1CCC(OC(C)=O)C(C)N1C(C)=O. The molecule has 5 nitrogen and oxygen atoms in total. The fourth-order valence-corrected chi connectivity index (χ4v) is 4.26. The number of piperidine rings is 1. The van der Waals surface area contributed by atoms with E-state index < -0.39 is 0 Å². The van der Waals surface area contributed by atoms with Gasteiger partial charge in [-0.1, -0.05) is 44.9 Å². The van der Waals surface area contributed by atoms with Crippen LogP contribution in [0.5, 0.6) is 0 Å². The first-order chi connectivity index (χ1) is 12.8. The second-order valence-electron chi connectivity index (χ2n) is 8.12. The number of rotatable bonds is 12. The highest BCUT2D eigenvalue weighted by atomic mass is 16.5. The molecule has 0 N–H and O–H groups in total. The lowest BCUT2D eigenvalue weighted by molar-refractivity contribution is -0.159. The van der Waals surface area contributed by atoms with E-state index in [-0.39, 0.29) is 30.1 Å². The van der Waals surface area contributed by atoms with Crippen molar-refractivity contribution in [2.45, 2.75) is 123 Å². The van der Waals surface area contributed by atoms with Crippen molar-refractivity contribution in [2.75, 3.05) is 0 Å². The molecule has 156 valence electrons. The number of Topliss-reactive ketones (excluding diaryl/α,β-unsaturated/α-hetero) is 1. The normalized spacial score (nSPS) is 22.5. The maximum Gasteiger partial charge on any atom is 0.302 e. The number of carbonyl (C=O) groups is 3. The highest BCUT2D eigenvalue weighted by Crippen LogP contribution is 2.29. The standard InChI is InChI=1S/C22H39NO4/c1-17(24)13-11-9-7-5-6-8-10-12-14-21-15-16-22(27-20(4)26)18(2)23(21)19(3)25/h18,21-22H,5-16H2,1-4H3. The molecule has 0 radical (unpaired) electrons. The van der Waals surface area contributed by atoms with Crippen LogP contribution in [0.3, 0.4) is 0 Å². The topological polar surface area (TPSA) is 63.7 Å². The third kappa shape index (κ3) is 9.39. The molecule has 1 aliphatic heterocycles. The summed E-state index contributed by atoms with van der Waals surface area (Å²) in [4.78, 5) is 36.2. The van der Waals surface area contributed by atoms with Gasteiger partial charge in [0, 0.05) is 26.3 Å². The number of esters is 1. The van der Waals surface area contributed by atoms with Crippen LogP contribution in [0, 0.1) is 0 Å². The molecule has 5 heteroatoms. The Morgan fingerprint density at radius 1 is 0.852 bits per heavy atom. The molecule has 3 atom stereocenters. The van der Waals surface area contributed by atoms with Crippen LogP contribution < -0.4 is 0 Å². The summed E-state index contributed by atoms with van der Waals surface area (Å²) >= 11 is 0. The number of hydrogen-bond acceptors (Lipinski definition) is 4.